The largest absolute Gasteiger partial charge is 0.397 e. The van der Waals surface area contributed by atoms with Crippen molar-refractivity contribution in [2.75, 3.05) is 5.73 Å². The molecule has 0 amide bonds. The molecule has 0 aliphatic carbocycles. The van der Waals surface area contributed by atoms with Gasteiger partial charge in [0, 0.05) is 15.5 Å². The summed E-state index contributed by atoms with van der Waals surface area (Å²) in [6.45, 7) is 0. The second-order valence-corrected chi connectivity index (χ2v) is 4.18. The highest BCUT2D eigenvalue weighted by Crippen LogP contribution is 2.34. The highest BCUT2D eigenvalue weighted by Gasteiger charge is 2.04. The first-order chi connectivity index (χ1) is 5.68. The third-order valence-corrected chi connectivity index (χ3v) is 3.36. The quantitative estimate of drug-likeness (QED) is 0.669. The summed E-state index contributed by atoms with van der Waals surface area (Å²) in [4.78, 5) is 0. The monoisotopic (exact) mass is 217 g/mol. The Morgan fingerprint density at radius 2 is 1.92 bits per heavy atom. The molecule has 62 valence electrons. The van der Waals surface area contributed by atoms with Crippen molar-refractivity contribution in [1.29, 1.82) is 0 Å². The minimum Gasteiger partial charge on any atom is -0.397 e. The van der Waals surface area contributed by atoms with E-state index >= 15 is 0 Å². The Bertz CT molecular complexity index is 436. The summed E-state index contributed by atoms with van der Waals surface area (Å²) in [5, 5.41) is 4.14. The molecule has 0 saturated carbocycles. The van der Waals surface area contributed by atoms with Crippen LogP contribution < -0.4 is 5.73 Å². The zero-order chi connectivity index (χ0) is 8.72. The molecule has 2 N–H and O–H groups in total. The number of fused-ring (bicyclic) bond motifs is 1. The third-order valence-electron chi connectivity index (χ3n) is 1.65. The van der Waals surface area contributed by atoms with Gasteiger partial charge in [0.05, 0.1) is 15.7 Å². The molecule has 0 spiro atoms. The van der Waals surface area contributed by atoms with E-state index in [1.165, 1.54) is 0 Å². The van der Waals surface area contributed by atoms with E-state index in [2.05, 4.69) is 0 Å². The number of benzene rings is 1. The molecule has 0 fully saturated rings. The molecule has 1 nitrogen and oxygen atoms in total. The van der Waals surface area contributed by atoms with Crippen LogP contribution in [0, 0.1) is 0 Å². The molecule has 1 aromatic heterocycles. The zero-order valence-electron chi connectivity index (χ0n) is 5.97. The van der Waals surface area contributed by atoms with Gasteiger partial charge >= 0.3 is 0 Å². The second-order valence-electron chi connectivity index (χ2n) is 2.45. The van der Waals surface area contributed by atoms with Crippen molar-refractivity contribution in [2.24, 2.45) is 0 Å². The summed E-state index contributed by atoms with van der Waals surface area (Å²) >= 11 is 13.3. The number of nitrogen functional groups attached to an aromatic ring is 1. The molecule has 1 aromatic carbocycles. The van der Waals surface area contributed by atoms with Gasteiger partial charge in [-0.15, -0.1) is 11.3 Å². The van der Waals surface area contributed by atoms with E-state index in [-0.39, 0.29) is 0 Å². The second kappa shape index (κ2) is 2.80. The SMILES string of the molecule is Nc1cc2scc(Cl)c2cc1Cl. The first kappa shape index (κ1) is 8.17. The molecule has 0 radical (unpaired) electrons. The van der Waals surface area contributed by atoms with Crippen molar-refractivity contribution in [1.82, 2.24) is 0 Å². The molecule has 0 unspecified atom stereocenters. The minimum atomic E-state index is 0.558. The molecule has 0 bridgehead atoms. The van der Waals surface area contributed by atoms with Crippen LogP contribution in [0.15, 0.2) is 17.5 Å². The predicted octanol–water partition coefficient (Wildman–Crippen LogP) is 3.79. The molecule has 1 heterocycles. The lowest BCUT2D eigenvalue weighted by atomic mass is 10.2. The van der Waals surface area contributed by atoms with Gasteiger partial charge in [0.15, 0.2) is 0 Å². The van der Waals surface area contributed by atoms with Crippen LogP contribution in [0.3, 0.4) is 0 Å². The Hall–Kier alpha value is -0.440. The molecule has 0 atom stereocenters. The number of hydrogen-bond acceptors (Lipinski definition) is 2. The lowest BCUT2D eigenvalue weighted by molar-refractivity contribution is 1.78. The van der Waals surface area contributed by atoms with Crippen LogP contribution in [0.5, 0.6) is 0 Å². The van der Waals surface area contributed by atoms with Gasteiger partial charge in [-0.3, -0.25) is 0 Å². The molecule has 0 aliphatic heterocycles. The van der Waals surface area contributed by atoms with Crippen molar-refractivity contribution in [3.8, 4) is 0 Å². The zero-order valence-corrected chi connectivity index (χ0v) is 8.30. The van der Waals surface area contributed by atoms with Gasteiger partial charge < -0.3 is 5.73 Å². The Morgan fingerprint density at radius 3 is 2.67 bits per heavy atom. The molecule has 0 saturated heterocycles. The molecular formula is C8H5Cl2NS. The van der Waals surface area contributed by atoms with E-state index in [0.29, 0.717) is 10.7 Å². The summed E-state index contributed by atoms with van der Waals surface area (Å²) in [7, 11) is 0. The van der Waals surface area contributed by atoms with E-state index in [1.807, 2.05) is 11.4 Å². The Balaban J connectivity index is 2.87. The average molecular weight is 218 g/mol. The van der Waals surface area contributed by atoms with Crippen molar-refractivity contribution >= 4 is 50.3 Å². The smallest absolute Gasteiger partial charge is 0.0642 e. The molecule has 4 heteroatoms. The van der Waals surface area contributed by atoms with Crippen molar-refractivity contribution in [3.63, 3.8) is 0 Å². The van der Waals surface area contributed by atoms with Crippen LogP contribution in [-0.2, 0) is 0 Å². The maximum absolute atomic E-state index is 5.91. The molecular weight excluding hydrogens is 213 g/mol. The van der Waals surface area contributed by atoms with Crippen LogP contribution in [0.1, 0.15) is 0 Å². The van der Waals surface area contributed by atoms with Crippen molar-refractivity contribution < 1.29 is 0 Å². The summed E-state index contributed by atoms with van der Waals surface area (Å²) in [6, 6.07) is 3.64. The van der Waals surface area contributed by atoms with E-state index in [4.69, 9.17) is 28.9 Å². The van der Waals surface area contributed by atoms with Gasteiger partial charge in [0.2, 0.25) is 0 Å². The molecule has 0 aliphatic rings. The molecule has 2 aromatic rings. The lowest BCUT2D eigenvalue weighted by Gasteiger charge is -1.97. The van der Waals surface area contributed by atoms with Crippen LogP contribution in [0.25, 0.3) is 10.1 Å². The highest BCUT2D eigenvalue weighted by molar-refractivity contribution is 7.17. The summed E-state index contributed by atoms with van der Waals surface area (Å²) < 4.78 is 1.07. The Kier molecular flexibility index (Phi) is 1.91. The summed E-state index contributed by atoms with van der Waals surface area (Å²) in [5.41, 5.74) is 6.23. The Labute approximate surface area is 83.7 Å². The average Bonchev–Trinajstić information content (AvgIpc) is 2.35. The highest BCUT2D eigenvalue weighted by atomic mass is 35.5. The Morgan fingerprint density at radius 1 is 1.17 bits per heavy atom. The lowest BCUT2D eigenvalue weighted by Crippen LogP contribution is -1.84. The first-order valence-electron chi connectivity index (χ1n) is 3.30. The predicted molar refractivity (Wildman–Crippen MR) is 56.3 cm³/mol. The van der Waals surface area contributed by atoms with E-state index < -0.39 is 0 Å². The van der Waals surface area contributed by atoms with E-state index in [0.717, 1.165) is 15.1 Å². The normalized spacial score (nSPS) is 10.8. The van der Waals surface area contributed by atoms with Crippen LogP contribution in [0.2, 0.25) is 10.0 Å². The van der Waals surface area contributed by atoms with E-state index in [1.54, 1.807) is 17.4 Å². The third kappa shape index (κ3) is 1.16. The van der Waals surface area contributed by atoms with Crippen LogP contribution in [-0.4, -0.2) is 0 Å². The fourth-order valence-electron chi connectivity index (χ4n) is 1.03. The summed E-state index contributed by atoms with van der Waals surface area (Å²) in [5.74, 6) is 0. The number of hydrogen-bond donors (Lipinski definition) is 1. The van der Waals surface area contributed by atoms with Crippen molar-refractivity contribution in [3.05, 3.63) is 27.6 Å². The first-order valence-corrected chi connectivity index (χ1v) is 4.94. The maximum atomic E-state index is 5.91. The molecule has 2 rings (SSSR count). The fraction of sp³-hybridized carbons (Fsp3) is 0. The number of nitrogens with two attached hydrogens (primary N) is 1. The summed E-state index contributed by atoms with van der Waals surface area (Å²) in [6.07, 6.45) is 0. The topological polar surface area (TPSA) is 26.0 Å². The van der Waals surface area contributed by atoms with Gasteiger partial charge in [0.1, 0.15) is 0 Å². The van der Waals surface area contributed by atoms with Crippen LogP contribution >= 0.6 is 34.5 Å². The maximum Gasteiger partial charge on any atom is 0.0642 e. The number of thiophene rings is 1. The van der Waals surface area contributed by atoms with Gasteiger partial charge in [-0.05, 0) is 12.1 Å². The number of halogens is 2. The van der Waals surface area contributed by atoms with Crippen molar-refractivity contribution in [2.45, 2.75) is 0 Å². The van der Waals surface area contributed by atoms with Gasteiger partial charge in [-0.2, -0.15) is 0 Å². The van der Waals surface area contributed by atoms with Gasteiger partial charge in [-0.1, -0.05) is 23.2 Å². The molecule has 12 heavy (non-hydrogen) atoms. The van der Waals surface area contributed by atoms with E-state index in [9.17, 15) is 0 Å². The standard InChI is InChI=1S/C8H5Cl2NS/c9-5-1-4-6(10)3-12-8(4)2-7(5)11/h1-3H,11H2. The van der Waals surface area contributed by atoms with Gasteiger partial charge in [-0.25, -0.2) is 0 Å². The van der Waals surface area contributed by atoms with Crippen LogP contribution in [0.4, 0.5) is 5.69 Å². The van der Waals surface area contributed by atoms with Gasteiger partial charge in [0.25, 0.3) is 0 Å². The number of rotatable bonds is 0. The fourth-order valence-corrected chi connectivity index (χ4v) is 2.39. The minimum absolute atomic E-state index is 0.558. The number of anilines is 1.